The highest BCUT2D eigenvalue weighted by Gasteiger charge is 2.40. The fraction of sp³-hybridized carbons (Fsp3) is 0.400. The van der Waals surface area contributed by atoms with Gasteiger partial charge in [0.15, 0.2) is 0 Å². The number of piperidine rings is 1. The van der Waals surface area contributed by atoms with Crippen LogP contribution in [0.15, 0.2) is 58.3 Å². The van der Waals surface area contributed by atoms with E-state index < -0.39 is 0 Å². The van der Waals surface area contributed by atoms with Crippen molar-refractivity contribution in [2.24, 2.45) is 11.8 Å². The third-order valence-corrected chi connectivity index (χ3v) is 6.95. The maximum atomic E-state index is 3.77. The van der Waals surface area contributed by atoms with Gasteiger partial charge in [-0.1, -0.05) is 36.0 Å². The fourth-order valence-electron chi connectivity index (χ4n) is 4.68. The molecule has 5 rings (SSSR count). The van der Waals surface area contributed by atoms with Gasteiger partial charge < -0.3 is 10.2 Å². The van der Waals surface area contributed by atoms with Crippen LogP contribution in [0, 0.1) is 11.8 Å². The molecule has 23 heavy (non-hydrogen) atoms. The molecular weight excluding hydrogens is 300 g/mol. The van der Waals surface area contributed by atoms with Crippen LogP contribution in [0.4, 0.5) is 11.4 Å². The Balaban J connectivity index is 1.54. The molecular formula is C20H22N2S. The van der Waals surface area contributed by atoms with Gasteiger partial charge in [0.1, 0.15) is 0 Å². The first-order valence-corrected chi connectivity index (χ1v) is 9.58. The predicted molar refractivity (Wildman–Crippen MR) is 96.6 cm³/mol. The molecule has 2 heterocycles. The number of nitrogens with one attached hydrogen (secondary N) is 1. The van der Waals surface area contributed by atoms with E-state index in [0.29, 0.717) is 0 Å². The number of anilines is 2. The van der Waals surface area contributed by atoms with Gasteiger partial charge in [0.2, 0.25) is 0 Å². The molecule has 1 saturated heterocycles. The highest BCUT2D eigenvalue weighted by Crippen LogP contribution is 2.49. The Bertz CT molecular complexity index is 668. The Morgan fingerprint density at radius 2 is 1.61 bits per heavy atom. The second-order valence-electron chi connectivity index (χ2n) is 7.00. The quantitative estimate of drug-likeness (QED) is 0.864. The lowest BCUT2D eigenvalue weighted by Crippen LogP contribution is -2.45. The first kappa shape index (κ1) is 13.9. The van der Waals surface area contributed by atoms with Crippen LogP contribution in [0.25, 0.3) is 0 Å². The summed E-state index contributed by atoms with van der Waals surface area (Å²) < 4.78 is 0. The third kappa shape index (κ3) is 2.29. The van der Waals surface area contributed by atoms with Crippen molar-refractivity contribution in [2.45, 2.75) is 35.1 Å². The number of rotatable bonds is 2. The van der Waals surface area contributed by atoms with Gasteiger partial charge in [-0.2, -0.15) is 0 Å². The van der Waals surface area contributed by atoms with Crippen LogP contribution in [0.1, 0.15) is 19.3 Å². The topological polar surface area (TPSA) is 15.3 Å². The maximum Gasteiger partial charge on any atom is 0.0552 e. The molecule has 2 nitrogen and oxygen atoms in total. The summed E-state index contributed by atoms with van der Waals surface area (Å²) in [6, 6.07) is 18.5. The van der Waals surface area contributed by atoms with E-state index in [0.717, 1.165) is 24.4 Å². The monoisotopic (exact) mass is 322 g/mol. The number of hydrogen-bond acceptors (Lipinski definition) is 3. The predicted octanol–water partition coefficient (Wildman–Crippen LogP) is 4.68. The average molecular weight is 322 g/mol. The molecule has 0 radical (unpaired) electrons. The Labute approximate surface area is 142 Å². The van der Waals surface area contributed by atoms with Crippen LogP contribution < -0.4 is 10.2 Å². The van der Waals surface area contributed by atoms with E-state index in [9.17, 15) is 0 Å². The molecule has 0 aromatic heterocycles. The van der Waals surface area contributed by atoms with Gasteiger partial charge in [0, 0.05) is 22.4 Å². The second kappa shape index (κ2) is 5.57. The number of para-hydroxylation sites is 2. The first-order chi connectivity index (χ1) is 11.4. The molecule has 0 amide bonds. The summed E-state index contributed by atoms with van der Waals surface area (Å²) in [5.41, 5.74) is 2.78. The van der Waals surface area contributed by atoms with Crippen LogP contribution >= 0.6 is 11.8 Å². The van der Waals surface area contributed by atoms with Crippen LogP contribution in [0.3, 0.4) is 0 Å². The van der Waals surface area contributed by atoms with Crippen LogP contribution in [0.5, 0.6) is 0 Å². The van der Waals surface area contributed by atoms with E-state index in [2.05, 4.69) is 58.7 Å². The molecule has 2 fully saturated rings. The summed E-state index contributed by atoms with van der Waals surface area (Å²) in [5.74, 6) is 1.70. The molecule has 2 aromatic rings. The first-order valence-electron chi connectivity index (χ1n) is 8.77. The van der Waals surface area contributed by atoms with Crippen molar-refractivity contribution in [2.75, 3.05) is 18.0 Å². The van der Waals surface area contributed by atoms with Gasteiger partial charge >= 0.3 is 0 Å². The zero-order chi connectivity index (χ0) is 15.2. The van der Waals surface area contributed by atoms with Gasteiger partial charge in [-0.3, -0.25) is 0 Å². The molecule has 1 N–H and O–H groups in total. The summed E-state index contributed by atoms with van der Waals surface area (Å²) in [5, 5.41) is 3.77. The zero-order valence-electron chi connectivity index (χ0n) is 13.2. The third-order valence-electron chi connectivity index (χ3n) is 5.82. The minimum atomic E-state index is 0.725. The van der Waals surface area contributed by atoms with Crippen molar-refractivity contribution in [1.82, 2.24) is 5.32 Å². The zero-order valence-corrected chi connectivity index (χ0v) is 14.1. The van der Waals surface area contributed by atoms with E-state index in [-0.39, 0.29) is 0 Å². The Kier molecular flexibility index (Phi) is 3.38. The second-order valence-corrected chi connectivity index (χ2v) is 8.08. The lowest BCUT2D eigenvalue weighted by molar-refractivity contribution is 0.266. The van der Waals surface area contributed by atoms with Gasteiger partial charge in [0.05, 0.1) is 11.4 Å². The van der Waals surface area contributed by atoms with E-state index in [4.69, 9.17) is 0 Å². The summed E-state index contributed by atoms with van der Waals surface area (Å²) in [4.78, 5) is 5.37. The van der Waals surface area contributed by atoms with Crippen molar-refractivity contribution in [3.05, 3.63) is 48.5 Å². The number of hydrogen-bond donors (Lipinski definition) is 1. The van der Waals surface area contributed by atoms with Crippen molar-refractivity contribution in [3.63, 3.8) is 0 Å². The van der Waals surface area contributed by atoms with Crippen molar-refractivity contribution in [3.8, 4) is 0 Å². The Hall–Kier alpha value is -1.45. The molecule has 0 spiro atoms. The lowest BCUT2D eigenvalue weighted by Gasteiger charge is -2.39. The largest absolute Gasteiger partial charge is 0.339 e. The van der Waals surface area contributed by atoms with Crippen molar-refractivity contribution < 1.29 is 0 Å². The number of benzene rings is 2. The summed E-state index contributed by atoms with van der Waals surface area (Å²) >= 11 is 1.91. The molecule has 3 atom stereocenters. The number of fused-ring (bicyclic) bond motifs is 4. The van der Waals surface area contributed by atoms with Crippen molar-refractivity contribution in [1.29, 1.82) is 0 Å². The highest BCUT2D eigenvalue weighted by molar-refractivity contribution is 7.99. The van der Waals surface area contributed by atoms with Crippen LogP contribution in [-0.2, 0) is 0 Å². The molecule has 2 aromatic carbocycles. The molecule has 1 saturated carbocycles. The lowest BCUT2D eigenvalue weighted by atomic mass is 9.87. The number of nitrogens with zero attached hydrogens (tertiary/aromatic N) is 1. The van der Waals surface area contributed by atoms with E-state index in [1.54, 1.807) is 0 Å². The molecule has 2 aliphatic heterocycles. The Morgan fingerprint density at radius 1 is 0.913 bits per heavy atom. The van der Waals surface area contributed by atoms with Gasteiger partial charge in [0.25, 0.3) is 0 Å². The van der Waals surface area contributed by atoms with E-state index >= 15 is 0 Å². The van der Waals surface area contributed by atoms with Gasteiger partial charge in [-0.15, -0.1) is 0 Å². The molecule has 2 bridgehead atoms. The normalized spacial score (nSPS) is 28.3. The molecule has 118 valence electrons. The summed E-state index contributed by atoms with van der Waals surface area (Å²) in [7, 11) is 0. The van der Waals surface area contributed by atoms with Crippen molar-refractivity contribution >= 4 is 23.1 Å². The summed E-state index contributed by atoms with van der Waals surface area (Å²) in [6.45, 7) is 2.37. The standard InChI is InChI=1S/C20H22N2S/c1-3-7-19-17(5-1)22(18-6-2-4-8-20(18)23-19)13-15-14-9-10-16(15)21-12-11-14/h1-8,14-16,21H,9-13H2. The highest BCUT2D eigenvalue weighted by atomic mass is 32.2. The van der Waals surface area contributed by atoms with Gasteiger partial charge in [-0.25, -0.2) is 0 Å². The fourth-order valence-corrected chi connectivity index (χ4v) is 5.78. The van der Waals surface area contributed by atoms with Gasteiger partial charge in [-0.05, 0) is 61.9 Å². The van der Waals surface area contributed by atoms with E-state index in [1.165, 1.54) is 47.0 Å². The summed E-state index contributed by atoms with van der Waals surface area (Å²) in [6.07, 6.45) is 4.13. The minimum absolute atomic E-state index is 0.725. The maximum absolute atomic E-state index is 3.77. The Morgan fingerprint density at radius 3 is 2.30 bits per heavy atom. The molecule has 3 aliphatic rings. The molecule has 1 aliphatic carbocycles. The van der Waals surface area contributed by atoms with E-state index in [1.807, 2.05) is 11.8 Å². The molecule has 3 unspecified atom stereocenters. The molecule has 3 heteroatoms. The smallest absolute Gasteiger partial charge is 0.0552 e. The minimum Gasteiger partial charge on any atom is -0.339 e. The van der Waals surface area contributed by atoms with Crippen LogP contribution in [-0.4, -0.2) is 19.1 Å². The van der Waals surface area contributed by atoms with Crippen LogP contribution in [0.2, 0.25) is 0 Å². The average Bonchev–Trinajstić information content (AvgIpc) is 2.81. The SMILES string of the molecule is c1ccc2c(c1)Sc1ccccc1N2CC1C2CCNC1CC2.